The van der Waals surface area contributed by atoms with Gasteiger partial charge in [-0.15, -0.1) is 0 Å². The van der Waals surface area contributed by atoms with E-state index in [0.717, 1.165) is 78.1 Å². The van der Waals surface area contributed by atoms with Crippen molar-refractivity contribution in [3.63, 3.8) is 0 Å². The third-order valence-electron chi connectivity index (χ3n) is 13.4. The summed E-state index contributed by atoms with van der Waals surface area (Å²) in [6, 6.07) is 91.8. The molecule has 314 valence electrons. The smallest absolute Gasteiger partial charge is 0.143 e. The van der Waals surface area contributed by atoms with Gasteiger partial charge in [-0.3, -0.25) is 0 Å². The molecule has 0 saturated carbocycles. The predicted molar refractivity (Wildman–Crippen MR) is 282 cm³/mol. The molecule has 13 rings (SSSR count). The first-order chi connectivity index (χ1) is 33.2. The summed E-state index contributed by atoms with van der Waals surface area (Å²) in [5.41, 5.74) is 17.6. The van der Waals surface area contributed by atoms with Crippen LogP contribution in [0.1, 0.15) is 0 Å². The summed E-state index contributed by atoms with van der Waals surface area (Å²) < 4.78 is 9.24. The quantitative estimate of drug-likeness (QED) is 0.152. The van der Waals surface area contributed by atoms with Crippen molar-refractivity contribution in [2.45, 2.75) is 0 Å². The van der Waals surface area contributed by atoms with Crippen molar-refractivity contribution in [1.82, 2.24) is 4.57 Å². The van der Waals surface area contributed by atoms with Crippen molar-refractivity contribution in [2.75, 3.05) is 4.90 Å². The van der Waals surface area contributed by atoms with Gasteiger partial charge in [0, 0.05) is 55.3 Å². The topological polar surface area (TPSA) is 21.3 Å². The minimum Gasteiger partial charge on any atom is -0.455 e. The second-order valence-corrected chi connectivity index (χ2v) is 17.3. The van der Waals surface area contributed by atoms with E-state index in [1.54, 1.807) is 0 Å². The Morgan fingerprint density at radius 2 is 0.746 bits per heavy atom. The maximum atomic E-state index is 6.83. The molecule has 0 atom stereocenters. The van der Waals surface area contributed by atoms with Crippen LogP contribution in [0.4, 0.5) is 17.1 Å². The van der Waals surface area contributed by atoms with E-state index < -0.39 is 0 Å². The number of para-hydroxylation sites is 5. The highest BCUT2D eigenvalue weighted by molar-refractivity contribution is 6.13. The summed E-state index contributed by atoms with van der Waals surface area (Å²) in [5.74, 6) is 0. The van der Waals surface area contributed by atoms with Crippen LogP contribution in [0.15, 0.2) is 259 Å². The highest BCUT2D eigenvalue weighted by atomic mass is 16.3. The van der Waals surface area contributed by atoms with Gasteiger partial charge in [0.05, 0.1) is 16.7 Å². The number of hydrogen-bond acceptors (Lipinski definition) is 2. The number of furan rings is 1. The maximum absolute atomic E-state index is 6.83. The molecule has 0 N–H and O–H groups in total. The molecule has 0 aliphatic carbocycles. The van der Waals surface area contributed by atoms with E-state index in [0.29, 0.717) is 0 Å². The van der Waals surface area contributed by atoms with Crippen molar-refractivity contribution in [2.24, 2.45) is 0 Å². The molecule has 13 aromatic rings. The molecule has 3 heteroatoms. The summed E-state index contributed by atoms with van der Waals surface area (Å²) in [6.45, 7) is 0. The Morgan fingerprint density at radius 3 is 1.42 bits per heavy atom. The second kappa shape index (κ2) is 16.0. The van der Waals surface area contributed by atoms with Crippen LogP contribution < -0.4 is 4.90 Å². The van der Waals surface area contributed by atoms with Crippen LogP contribution in [0.3, 0.4) is 0 Å². The Labute approximate surface area is 388 Å². The summed E-state index contributed by atoms with van der Waals surface area (Å²) in [7, 11) is 0. The lowest BCUT2D eigenvalue weighted by Gasteiger charge is -2.26. The summed E-state index contributed by atoms with van der Waals surface area (Å²) >= 11 is 0. The van der Waals surface area contributed by atoms with Gasteiger partial charge in [-0.1, -0.05) is 194 Å². The molecule has 0 radical (unpaired) electrons. The monoisotopic (exact) mass is 854 g/mol. The SMILES string of the molecule is c1ccc(-c2cccc3c2oc2c(-c4ccc(N(c5ccc(-c6ccccc6-n6c7ccccc7c7ccccc76)cc5)c5cccc(-c6ccc7ccccc7c6)c5)cc4)cccc23)cc1. The zero-order chi connectivity index (χ0) is 44.3. The third-order valence-corrected chi connectivity index (χ3v) is 13.4. The molecule has 0 unspecified atom stereocenters. The zero-order valence-corrected chi connectivity index (χ0v) is 36.6. The average Bonchev–Trinajstić information content (AvgIpc) is 3.96. The van der Waals surface area contributed by atoms with Crippen LogP contribution in [0.25, 0.3) is 105 Å². The van der Waals surface area contributed by atoms with E-state index >= 15 is 0 Å². The number of nitrogens with zero attached hydrogens (tertiary/aromatic N) is 2. The maximum Gasteiger partial charge on any atom is 0.143 e. The van der Waals surface area contributed by atoms with Crippen LogP contribution in [0, 0.1) is 0 Å². The zero-order valence-electron chi connectivity index (χ0n) is 36.6. The highest BCUT2D eigenvalue weighted by Crippen LogP contribution is 2.43. The average molecular weight is 855 g/mol. The van der Waals surface area contributed by atoms with Gasteiger partial charge in [-0.25, -0.2) is 0 Å². The first-order valence-electron chi connectivity index (χ1n) is 22.9. The predicted octanol–water partition coefficient (Wildman–Crippen LogP) is 18.0. The van der Waals surface area contributed by atoms with Crippen molar-refractivity contribution in [1.29, 1.82) is 0 Å². The third kappa shape index (κ3) is 6.59. The Morgan fingerprint density at radius 1 is 0.284 bits per heavy atom. The first kappa shape index (κ1) is 38.5. The van der Waals surface area contributed by atoms with Gasteiger partial charge >= 0.3 is 0 Å². The molecule has 11 aromatic carbocycles. The molecule has 0 aliphatic heterocycles. The first-order valence-corrected chi connectivity index (χ1v) is 22.9. The second-order valence-electron chi connectivity index (χ2n) is 17.3. The van der Waals surface area contributed by atoms with Gasteiger partial charge in [0.1, 0.15) is 11.2 Å². The lowest BCUT2D eigenvalue weighted by atomic mass is 9.99. The number of aromatic nitrogens is 1. The molecule has 2 heterocycles. The van der Waals surface area contributed by atoms with Crippen molar-refractivity contribution in [3.8, 4) is 50.2 Å². The van der Waals surface area contributed by atoms with Crippen molar-refractivity contribution < 1.29 is 4.42 Å². The van der Waals surface area contributed by atoms with Gasteiger partial charge in [0.25, 0.3) is 0 Å². The van der Waals surface area contributed by atoms with Gasteiger partial charge in [-0.2, -0.15) is 0 Å². The Balaban J connectivity index is 0.921. The fourth-order valence-corrected chi connectivity index (χ4v) is 10.2. The minimum atomic E-state index is 0.894. The number of benzene rings is 11. The summed E-state index contributed by atoms with van der Waals surface area (Å²) in [6.07, 6.45) is 0. The van der Waals surface area contributed by atoms with Gasteiger partial charge in [0.2, 0.25) is 0 Å². The van der Waals surface area contributed by atoms with E-state index in [-0.39, 0.29) is 0 Å². The molecule has 2 aromatic heterocycles. The molecule has 0 bridgehead atoms. The standard InChI is InChI=1S/C64H42N2O/c1-2-16-44(17-3-1)54-24-13-26-58-59-27-14-25-55(64(59)67-63(54)58)46-35-39-51(40-36-46)65(52-20-12-19-48(42-52)49-32-31-43-15-4-5-18-47(43)41-49)50-37-33-45(34-38-50)53-21-6-9-28-60(53)66-61-29-10-7-22-56(61)57-23-8-11-30-62(57)66/h1-42H. The summed E-state index contributed by atoms with van der Waals surface area (Å²) in [4.78, 5) is 2.37. The van der Waals surface area contributed by atoms with Gasteiger partial charge in [-0.05, 0) is 99.3 Å². The highest BCUT2D eigenvalue weighted by Gasteiger charge is 2.19. The molecule has 0 fully saturated rings. The Bertz CT molecular complexity index is 3920. The number of fused-ring (bicyclic) bond motifs is 7. The van der Waals surface area contributed by atoms with E-state index in [9.17, 15) is 0 Å². The fourth-order valence-electron chi connectivity index (χ4n) is 10.2. The van der Waals surface area contributed by atoms with Gasteiger partial charge in [0.15, 0.2) is 0 Å². The van der Waals surface area contributed by atoms with Crippen LogP contribution in [-0.4, -0.2) is 4.57 Å². The molecule has 67 heavy (non-hydrogen) atoms. The molecule has 0 spiro atoms. The van der Waals surface area contributed by atoms with Crippen molar-refractivity contribution >= 4 is 71.6 Å². The fraction of sp³-hybridized carbons (Fsp3) is 0. The number of anilines is 3. The van der Waals surface area contributed by atoms with Crippen LogP contribution >= 0.6 is 0 Å². The van der Waals surface area contributed by atoms with E-state index in [1.165, 1.54) is 43.7 Å². The van der Waals surface area contributed by atoms with Crippen LogP contribution in [0.5, 0.6) is 0 Å². The van der Waals surface area contributed by atoms with E-state index in [2.05, 4.69) is 264 Å². The van der Waals surface area contributed by atoms with Crippen LogP contribution in [0.2, 0.25) is 0 Å². The Kier molecular flexibility index (Phi) is 9.17. The lowest BCUT2D eigenvalue weighted by molar-refractivity contribution is 0.671. The molecule has 0 saturated heterocycles. The normalized spacial score (nSPS) is 11.6. The van der Waals surface area contributed by atoms with E-state index in [1.807, 2.05) is 0 Å². The van der Waals surface area contributed by atoms with E-state index in [4.69, 9.17) is 4.42 Å². The minimum absolute atomic E-state index is 0.894. The molecule has 0 amide bonds. The lowest BCUT2D eigenvalue weighted by Crippen LogP contribution is -2.10. The number of hydrogen-bond donors (Lipinski definition) is 0. The molecular formula is C64H42N2O. The van der Waals surface area contributed by atoms with Gasteiger partial charge < -0.3 is 13.9 Å². The summed E-state index contributed by atoms with van der Waals surface area (Å²) in [5, 5.41) is 7.20. The molecule has 0 aliphatic rings. The van der Waals surface area contributed by atoms with Crippen molar-refractivity contribution in [3.05, 3.63) is 255 Å². The molecule has 3 nitrogen and oxygen atoms in total. The Hall–Kier alpha value is -8.92. The molecular weight excluding hydrogens is 813 g/mol. The largest absolute Gasteiger partial charge is 0.455 e. The number of rotatable bonds is 8. The van der Waals surface area contributed by atoms with Crippen LogP contribution in [-0.2, 0) is 0 Å².